The van der Waals surface area contributed by atoms with Gasteiger partial charge >= 0.3 is 5.97 Å². The number of carbonyl (C=O) groups excluding carboxylic acids is 2. The predicted octanol–water partition coefficient (Wildman–Crippen LogP) is 3.27. The van der Waals surface area contributed by atoms with Crippen LogP contribution in [-0.2, 0) is 9.53 Å². The first kappa shape index (κ1) is 17.2. The van der Waals surface area contributed by atoms with Crippen molar-refractivity contribution in [3.8, 4) is 5.75 Å². The highest BCUT2D eigenvalue weighted by Gasteiger charge is 2.14. The number of esters is 1. The molecule has 0 aliphatic heterocycles. The molecule has 24 heavy (non-hydrogen) atoms. The number of amides is 1. The van der Waals surface area contributed by atoms with Crippen LogP contribution >= 0.6 is 0 Å². The number of rotatable bonds is 5. The van der Waals surface area contributed by atoms with Crippen LogP contribution in [-0.4, -0.2) is 26.1 Å². The smallest absolute Gasteiger partial charge is 0.340 e. The summed E-state index contributed by atoms with van der Waals surface area (Å²) in [5.41, 5.74) is 1.16. The fourth-order valence-electron chi connectivity index (χ4n) is 1.96. The molecule has 0 bridgehead atoms. The number of benzene rings is 2. The minimum Gasteiger partial charge on any atom is -0.497 e. The Kier molecular flexibility index (Phi) is 5.68. The largest absolute Gasteiger partial charge is 0.497 e. The number of hydrogen-bond donors (Lipinski definition) is 1. The van der Waals surface area contributed by atoms with Crippen molar-refractivity contribution in [2.24, 2.45) is 0 Å². The summed E-state index contributed by atoms with van der Waals surface area (Å²) < 4.78 is 22.6. The minimum atomic E-state index is -0.591. The fraction of sp³-hybridized carbons (Fsp3) is 0.111. The highest BCUT2D eigenvalue weighted by molar-refractivity contribution is 6.06. The third-order valence-electron chi connectivity index (χ3n) is 3.19. The van der Waals surface area contributed by atoms with E-state index in [0.29, 0.717) is 17.0 Å². The molecule has 0 aliphatic rings. The Labute approximate surface area is 138 Å². The molecule has 124 valence electrons. The van der Waals surface area contributed by atoms with Crippen molar-refractivity contribution in [1.29, 1.82) is 0 Å². The van der Waals surface area contributed by atoms with Crippen LogP contribution in [0.4, 0.5) is 10.1 Å². The normalized spacial score (nSPS) is 10.5. The van der Waals surface area contributed by atoms with Crippen LogP contribution < -0.4 is 10.1 Å². The maximum atomic E-state index is 12.8. The standard InChI is InChI=1S/C18H16FNO4/c1-23-14-8-9-16(15(11-14)18(22)24-2)20-17(21)10-5-12-3-6-13(19)7-4-12/h3-11H,1-2H3,(H,20,21)/b10-5+. The van der Waals surface area contributed by atoms with Crippen molar-refractivity contribution in [2.75, 3.05) is 19.5 Å². The van der Waals surface area contributed by atoms with Crippen LogP contribution in [0.15, 0.2) is 48.5 Å². The van der Waals surface area contributed by atoms with Gasteiger partial charge < -0.3 is 14.8 Å². The molecule has 0 atom stereocenters. The molecule has 2 aromatic carbocycles. The van der Waals surface area contributed by atoms with Crippen LogP contribution in [0.3, 0.4) is 0 Å². The van der Waals surface area contributed by atoms with Crippen molar-refractivity contribution >= 4 is 23.6 Å². The average Bonchev–Trinajstić information content (AvgIpc) is 2.61. The Balaban J connectivity index is 2.16. The summed E-state index contributed by atoms with van der Waals surface area (Å²) in [7, 11) is 2.72. The zero-order valence-electron chi connectivity index (χ0n) is 13.2. The van der Waals surface area contributed by atoms with Crippen LogP contribution in [0.1, 0.15) is 15.9 Å². The van der Waals surface area contributed by atoms with E-state index in [0.717, 1.165) is 0 Å². The SMILES string of the molecule is COC(=O)c1cc(OC)ccc1NC(=O)/C=C/c1ccc(F)cc1. The van der Waals surface area contributed by atoms with Gasteiger partial charge in [0.15, 0.2) is 0 Å². The Hall–Kier alpha value is -3.15. The zero-order valence-corrected chi connectivity index (χ0v) is 13.2. The summed E-state index contributed by atoms with van der Waals surface area (Å²) >= 11 is 0. The van der Waals surface area contributed by atoms with Gasteiger partial charge in [0, 0.05) is 6.08 Å². The second-order valence-electron chi connectivity index (χ2n) is 4.78. The molecular formula is C18H16FNO4. The van der Waals surface area contributed by atoms with Crippen LogP contribution in [0.25, 0.3) is 6.08 Å². The monoisotopic (exact) mass is 329 g/mol. The van der Waals surface area contributed by atoms with E-state index < -0.39 is 11.9 Å². The number of ether oxygens (including phenoxy) is 2. The summed E-state index contributed by atoms with van der Waals surface area (Å²) in [5.74, 6) is -0.908. The fourth-order valence-corrected chi connectivity index (χ4v) is 1.96. The van der Waals surface area contributed by atoms with Crippen molar-refractivity contribution in [3.05, 3.63) is 65.5 Å². The van der Waals surface area contributed by atoms with Crippen LogP contribution in [0.2, 0.25) is 0 Å². The molecule has 0 aromatic heterocycles. The van der Waals surface area contributed by atoms with E-state index in [1.54, 1.807) is 24.3 Å². The van der Waals surface area contributed by atoms with Gasteiger partial charge in [0.25, 0.3) is 0 Å². The highest BCUT2D eigenvalue weighted by Crippen LogP contribution is 2.23. The highest BCUT2D eigenvalue weighted by atomic mass is 19.1. The maximum absolute atomic E-state index is 12.8. The lowest BCUT2D eigenvalue weighted by Gasteiger charge is -2.10. The molecule has 0 fully saturated rings. The zero-order chi connectivity index (χ0) is 17.5. The van der Waals surface area contributed by atoms with E-state index in [-0.39, 0.29) is 11.4 Å². The first-order chi connectivity index (χ1) is 11.5. The third-order valence-corrected chi connectivity index (χ3v) is 3.19. The Morgan fingerprint density at radius 2 is 1.79 bits per heavy atom. The van der Waals surface area contributed by atoms with E-state index >= 15 is 0 Å². The molecule has 0 spiro atoms. The van der Waals surface area contributed by atoms with Crippen molar-refractivity contribution in [3.63, 3.8) is 0 Å². The molecule has 6 heteroatoms. The lowest BCUT2D eigenvalue weighted by Crippen LogP contribution is -2.13. The van der Waals surface area contributed by atoms with E-state index in [1.165, 1.54) is 44.6 Å². The Morgan fingerprint density at radius 1 is 1.08 bits per heavy atom. The molecule has 1 amide bonds. The first-order valence-corrected chi connectivity index (χ1v) is 7.04. The van der Waals surface area contributed by atoms with Gasteiger partial charge in [-0.1, -0.05) is 12.1 Å². The van der Waals surface area contributed by atoms with Crippen LogP contribution in [0.5, 0.6) is 5.75 Å². The third kappa shape index (κ3) is 4.42. The second-order valence-corrected chi connectivity index (χ2v) is 4.78. The molecule has 0 radical (unpaired) electrons. The van der Waals surface area contributed by atoms with Crippen molar-refractivity contribution < 1.29 is 23.5 Å². The number of nitrogens with one attached hydrogen (secondary N) is 1. The van der Waals surface area contributed by atoms with E-state index in [4.69, 9.17) is 9.47 Å². The van der Waals surface area contributed by atoms with Crippen LogP contribution in [0, 0.1) is 5.82 Å². The maximum Gasteiger partial charge on any atom is 0.340 e. The van der Waals surface area contributed by atoms with E-state index in [2.05, 4.69) is 5.32 Å². The molecule has 0 aliphatic carbocycles. The molecule has 0 unspecified atom stereocenters. The summed E-state index contributed by atoms with van der Waals surface area (Å²) in [4.78, 5) is 23.8. The molecule has 5 nitrogen and oxygen atoms in total. The Bertz CT molecular complexity index is 769. The lowest BCUT2D eigenvalue weighted by molar-refractivity contribution is -0.111. The molecule has 1 N–H and O–H groups in total. The molecule has 0 saturated heterocycles. The number of anilines is 1. The Morgan fingerprint density at radius 3 is 2.42 bits per heavy atom. The van der Waals surface area contributed by atoms with Gasteiger partial charge in [-0.15, -0.1) is 0 Å². The van der Waals surface area contributed by atoms with Gasteiger partial charge in [0.05, 0.1) is 25.5 Å². The van der Waals surface area contributed by atoms with Gasteiger partial charge in [-0.2, -0.15) is 0 Å². The number of halogens is 1. The van der Waals surface area contributed by atoms with E-state index in [1.807, 2.05) is 0 Å². The van der Waals surface area contributed by atoms with Gasteiger partial charge in [0.2, 0.25) is 5.91 Å². The quantitative estimate of drug-likeness (QED) is 0.675. The topological polar surface area (TPSA) is 64.6 Å². The molecule has 2 aromatic rings. The molecule has 0 saturated carbocycles. The number of carbonyl (C=O) groups is 2. The minimum absolute atomic E-state index is 0.181. The molecule has 2 rings (SSSR count). The summed E-state index contributed by atoms with van der Waals surface area (Å²) in [5, 5.41) is 2.60. The summed E-state index contributed by atoms with van der Waals surface area (Å²) in [6.07, 6.45) is 2.83. The second kappa shape index (κ2) is 7.92. The summed E-state index contributed by atoms with van der Waals surface area (Å²) in [6, 6.07) is 10.3. The summed E-state index contributed by atoms with van der Waals surface area (Å²) in [6.45, 7) is 0. The van der Waals surface area contributed by atoms with Gasteiger partial charge in [-0.25, -0.2) is 9.18 Å². The first-order valence-electron chi connectivity index (χ1n) is 7.04. The van der Waals surface area contributed by atoms with Crippen molar-refractivity contribution in [2.45, 2.75) is 0 Å². The van der Waals surface area contributed by atoms with Gasteiger partial charge in [-0.3, -0.25) is 4.79 Å². The lowest BCUT2D eigenvalue weighted by atomic mass is 10.1. The van der Waals surface area contributed by atoms with Gasteiger partial charge in [0.1, 0.15) is 11.6 Å². The molecule has 0 heterocycles. The van der Waals surface area contributed by atoms with E-state index in [9.17, 15) is 14.0 Å². The molecular weight excluding hydrogens is 313 g/mol. The van der Waals surface area contributed by atoms with Crippen molar-refractivity contribution in [1.82, 2.24) is 0 Å². The predicted molar refractivity (Wildman–Crippen MR) is 88.4 cm³/mol. The number of hydrogen-bond acceptors (Lipinski definition) is 4. The number of methoxy groups -OCH3 is 2. The average molecular weight is 329 g/mol. The van der Waals surface area contributed by atoms with Gasteiger partial charge in [-0.05, 0) is 42.0 Å².